The number of hydrogen-bond donors (Lipinski definition) is 1. The van der Waals surface area contributed by atoms with Crippen LogP contribution in [0.4, 0.5) is 0 Å². The second-order valence-corrected chi connectivity index (χ2v) is 5.70. The van der Waals surface area contributed by atoms with Gasteiger partial charge >= 0.3 is 5.97 Å². The minimum absolute atomic E-state index is 0.266. The van der Waals surface area contributed by atoms with E-state index in [1.165, 1.54) is 0 Å². The molecule has 0 radical (unpaired) electrons. The third-order valence-corrected chi connectivity index (χ3v) is 3.93. The van der Waals surface area contributed by atoms with Gasteiger partial charge in [-0.05, 0) is 30.9 Å². The van der Waals surface area contributed by atoms with Crippen LogP contribution < -0.4 is 5.32 Å². The van der Waals surface area contributed by atoms with E-state index >= 15 is 0 Å². The molecule has 1 atom stereocenters. The molecular weight excluding hydrogens is 326 g/mol. The number of esters is 1. The fourth-order valence-corrected chi connectivity index (χ4v) is 2.57. The number of methoxy groups -OCH3 is 1. The van der Waals surface area contributed by atoms with Crippen molar-refractivity contribution in [1.82, 2.24) is 5.32 Å². The van der Waals surface area contributed by atoms with Crippen LogP contribution in [0.5, 0.6) is 0 Å². The summed E-state index contributed by atoms with van der Waals surface area (Å²) in [4.78, 5) is 36.4. The molecule has 0 spiro atoms. The Morgan fingerprint density at radius 1 is 1.12 bits per heavy atom. The molecule has 1 heterocycles. The lowest BCUT2D eigenvalue weighted by Crippen LogP contribution is -2.44. The van der Waals surface area contributed by atoms with Crippen LogP contribution in [0.25, 0.3) is 0 Å². The predicted molar refractivity (Wildman–Crippen MR) is 89.0 cm³/mol. The molecule has 1 aliphatic rings. The van der Waals surface area contributed by atoms with Crippen LogP contribution in [0.2, 0.25) is 0 Å². The fraction of sp³-hybridized carbons (Fsp3) is 0.500. The summed E-state index contributed by atoms with van der Waals surface area (Å²) in [5.41, 5.74) is 1.13. The average molecular weight is 349 g/mol. The van der Waals surface area contributed by atoms with Crippen molar-refractivity contribution in [2.75, 3.05) is 26.9 Å². The van der Waals surface area contributed by atoms with Crippen LogP contribution in [-0.4, -0.2) is 50.6 Å². The maximum Gasteiger partial charge on any atom is 0.376 e. The van der Waals surface area contributed by atoms with Crippen molar-refractivity contribution in [3.05, 3.63) is 35.4 Å². The van der Waals surface area contributed by atoms with E-state index in [-0.39, 0.29) is 6.61 Å². The second-order valence-electron chi connectivity index (χ2n) is 5.70. The lowest BCUT2D eigenvalue weighted by atomic mass is 10.0. The van der Waals surface area contributed by atoms with Gasteiger partial charge in [0.1, 0.15) is 0 Å². The molecule has 0 fully saturated rings. The van der Waals surface area contributed by atoms with Crippen LogP contribution >= 0.6 is 0 Å². The highest BCUT2D eigenvalue weighted by atomic mass is 16.5. The van der Waals surface area contributed by atoms with E-state index < -0.39 is 23.7 Å². The van der Waals surface area contributed by atoms with E-state index in [1.807, 2.05) is 6.07 Å². The van der Waals surface area contributed by atoms with Gasteiger partial charge in [0, 0.05) is 12.2 Å². The summed E-state index contributed by atoms with van der Waals surface area (Å²) in [7, 11) is 1.14. The number of Topliss-reactive ketones (excluding diaryl/α,β-unsaturated/α-hetero) is 1. The smallest absolute Gasteiger partial charge is 0.376 e. The van der Waals surface area contributed by atoms with Gasteiger partial charge < -0.3 is 19.5 Å². The van der Waals surface area contributed by atoms with Crippen molar-refractivity contribution < 1.29 is 28.6 Å². The quantitative estimate of drug-likeness (QED) is 0.638. The summed E-state index contributed by atoms with van der Waals surface area (Å²) in [6.45, 7) is 1.72. The van der Waals surface area contributed by atoms with Crippen LogP contribution in [0.3, 0.4) is 0 Å². The summed E-state index contributed by atoms with van der Waals surface area (Å²) in [6.07, 6.45) is 1.70. The van der Waals surface area contributed by atoms with E-state index in [2.05, 4.69) is 10.1 Å². The Morgan fingerprint density at radius 2 is 1.88 bits per heavy atom. The zero-order chi connectivity index (χ0) is 18.1. The molecule has 0 saturated heterocycles. The van der Waals surface area contributed by atoms with Crippen LogP contribution in [0, 0.1) is 0 Å². The SMILES string of the molecule is COC(=O)C(=O)[C@@H]1CCCCOCCOCc2ccccc2C(=O)N1. The number of ether oxygens (including phenoxy) is 3. The highest BCUT2D eigenvalue weighted by molar-refractivity contribution is 6.36. The number of carbonyl (C=O) groups is 3. The average Bonchev–Trinajstić information content (AvgIpc) is 2.64. The minimum Gasteiger partial charge on any atom is -0.463 e. The third-order valence-electron chi connectivity index (χ3n) is 3.93. The molecule has 0 aliphatic carbocycles. The zero-order valence-corrected chi connectivity index (χ0v) is 14.3. The summed E-state index contributed by atoms with van der Waals surface area (Å²) < 4.78 is 15.5. The Balaban J connectivity index is 2.20. The Bertz CT molecular complexity index is 615. The molecule has 0 unspecified atom stereocenters. The van der Waals surface area contributed by atoms with E-state index in [0.717, 1.165) is 13.5 Å². The minimum atomic E-state index is -0.959. The number of amides is 1. The van der Waals surface area contributed by atoms with E-state index in [1.54, 1.807) is 18.2 Å². The molecule has 1 aromatic carbocycles. The molecule has 7 heteroatoms. The largest absolute Gasteiger partial charge is 0.463 e. The first-order valence-corrected chi connectivity index (χ1v) is 8.30. The van der Waals surface area contributed by atoms with E-state index in [0.29, 0.717) is 43.8 Å². The molecule has 136 valence electrons. The highest BCUT2D eigenvalue weighted by Gasteiger charge is 2.28. The number of rotatable bonds is 2. The summed E-state index contributed by atoms with van der Waals surface area (Å²) in [5.74, 6) is -2.12. The Kier molecular flexibility index (Phi) is 7.56. The highest BCUT2D eigenvalue weighted by Crippen LogP contribution is 2.13. The zero-order valence-electron chi connectivity index (χ0n) is 14.3. The first-order chi connectivity index (χ1) is 12.1. The van der Waals surface area contributed by atoms with Gasteiger partial charge in [-0.1, -0.05) is 18.2 Å². The van der Waals surface area contributed by atoms with Gasteiger partial charge in [0.25, 0.3) is 11.7 Å². The maximum atomic E-state index is 12.6. The van der Waals surface area contributed by atoms with Crippen LogP contribution in [0.15, 0.2) is 24.3 Å². The molecule has 1 aliphatic heterocycles. The van der Waals surface area contributed by atoms with Gasteiger partial charge in [0.15, 0.2) is 0 Å². The van der Waals surface area contributed by atoms with Crippen LogP contribution in [-0.2, 0) is 30.4 Å². The molecule has 2 rings (SSSR count). The second kappa shape index (κ2) is 9.90. The van der Waals surface area contributed by atoms with Gasteiger partial charge in [0.05, 0.1) is 33.0 Å². The summed E-state index contributed by atoms with van der Waals surface area (Å²) in [6, 6.07) is 6.08. The van der Waals surface area contributed by atoms with E-state index in [9.17, 15) is 14.4 Å². The number of fused-ring (bicyclic) bond motifs is 1. The molecule has 7 nitrogen and oxygen atoms in total. The molecule has 25 heavy (non-hydrogen) atoms. The normalized spacial score (nSPS) is 19.9. The maximum absolute atomic E-state index is 12.6. The monoisotopic (exact) mass is 349 g/mol. The van der Waals surface area contributed by atoms with Crippen molar-refractivity contribution in [2.45, 2.75) is 31.9 Å². The van der Waals surface area contributed by atoms with Crippen molar-refractivity contribution in [3.8, 4) is 0 Å². The van der Waals surface area contributed by atoms with E-state index in [4.69, 9.17) is 9.47 Å². The van der Waals surface area contributed by atoms with Crippen LogP contribution in [0.1, 0.15) is 35.2 Å². The summed E-state index contributed by atoms with van der Waals surface area (Å²) >= 11 is 0. The molecule has 1 amide bonds. The number of nitrogens with one attached hydrogen (secondary N) is 1. The lowest BCUT2D eigenvalue weighted by Gasteiger charge is -2.18. The van der Waals surface area contributed by atoms with Gasteiger partial charge in [0.2, 0.25) is 0 Å². The summed E-state index contributed by atoms with van der Waals surface area (Å²) in [5, 5.41) is 2.66. The molecule has 1 N–H and O–H groups in total. The van der Waals surface area contributed by atoms with Crippen molar-refractivity contribution >= 4 is 17.7 Å². The topological polar surface area (TPSA) is 90.9 Å². The number of benzene rings is 1. The van der Waals surface area contributed by atoms with Crippen molar-refractivity contribution in [3.63, 3.8) is 0 Å². The number of hydrogen-bond acceptors (Lipinski definition) is 6. The van der Waals surface area contributed by atoms with Crippen molar-refractivity contribution in [1.29, 1.82) is 0 Å². The fourth-order valence-electron chi connectivity index (χ4n) is 2.57. The van der Waals surface area contributed by atoms with Crippen molar-refractivity contribution in [2.24, 2.45) is 0 Å². The first-order valence-electron chi connectivity index (χ1n) is 8.30. The Labute approximate surface area is 146 Å². The number of ketones is 1. The standard InChI is InChI=1S/C18H23NO6/c1-23-18(22)16(20)15-8-4-5-9-24-10-11-25-12-13-6-2-3-7-14(13)17(21)19-15/h2-3,6-7,15H,4-5,8-12H2,1H3,(H,19,21)/t15-/m0/s1. The molecule has 1 aromatic rings. The lowest BCUT2D eigenvalue weighted by molar-refractivity contribution is -0.152. The first kappa shape index (κ1) is 19.1. The number of carbonyl (C=O) groups excluding carboxylic acids is 3. The van der Waals surface area contributed by atoms with Gasteiger partial charge in [-0.3, -0.25) is 9.59 Å². The predicted octanol–water partition coefficient (Wildman–Crippen LogP) is 1.24. The molecule has 0 aromatic heterocycles. The van der Waals surface area contributed by atoms with Gasteiger partial charge in [-0.2, -0.15) is 0 Å². The van der Waals surface area contributed by atoms with Gasteiger partial charge in [-0.25, -0.2) is 4.79 Å². The third kappa shape index (κ3) is 5.65. The molecule has 0 saturated carbocycles. The molecular formula is C18H23NO6. The Hall–Kier alpha value is -2.25. The Morgan fingerprint density at radius 3 is 2.68 bits per heavy atom. The molecule has 0 bridgehead atoms. The van der Waals surface area contributed by atoms with Gasteiger partial charge in [-0.15, -0.1) is 0 Å².